The summed E-state index contributed by atoms with van der Waals surface area (Å²) in [6, 6.07) is 15.5. The molecule has 2 heterocycles. The number of rotatable bonds is 3. The lowest BCUT2D eigenvalue weighted by Gasteiger charge is -2.30. The largest absolute Gasteiger partial charge is 0.371 e. The monoisotopic (exact) mass is 342 g/mol. The van der Waals surface area contributed by atoms with Crippen molar-refractivity contribution >= 4 is 28.6 Å². The second-order valence-electron chi connectivity index (χ2n) is 7.39. The summed E-state index contributed by atoms with van der Waals surface area (Å²) in [6.07, 6.45) is 10.2. The lowest BCUT2D eigenvalue weighted by atomic mass is 10.0. The first-order valence-electron chi connectivity index (χ1n) is 9.59. The quantitative estimate of drug-likeness (QED) is 0.579. The highest BCUT2D eigenvalue weighted by Gasteiger charge is 2.13. The van der Waals surface area contributed by atoms with Crippen molar-refractivity contribution in [1.82, 2.24) is 4.98 Å². The van der Waals surface area contributed by atoms with Gasteiger partial charge in [0.05, 0.1) is 5.69 Å². The highest BCUT2D eigenvalue weighted by molar-refractivity contribution is 5.86. The van der Waals surface area contributed by atoms with E-state index in [9.17, 15) is 0 Å². The molecular formula is C24H26N2. The second-order valence-corrected chi connectivity index (χ2v) is 7.39. The van der Waals surface area contributed by atoms with Crippen molar-refractivity contribution in [1.29, 1.82) is 0 Å². The third-order valence-electron chi connectivity index (χ3n) is 5.26. The number of benzene rings is 2. The van der Waals surface area contributed by atoms with Gasteiger partial charge in [-0.3, -0.25) is 4.98 Å². The minimum absolute atomic E-state index is 1.03. The first kappa shape index (κ1) is 16.8. The Labute approximate surface area is 156 Å². The zero-order valence-corrected chi connectivity index (χ0v) is 15.7. The maximum absolute atomic E-state index is 4.61. The van der Waals surface area contributed by atoms with Crippen LogP contribution in [0.5, 0.6) is 0 Å². The second kappa shape index (κ2) is 7.33. The SMILES string of the molecule is Cc1ccc2cc(/C=C\c3cc(N4CCCCC4)c(C)cn3)ccc2c1. The van der Waals surface area contributed by atoms with Gasteiger partial charge in [-0.05, 0) is 73.2 Å². The average molecular weight is 342 g/mol. The van der Waals surface area contributed by atoms with E-state index in [1.165, 1.54) is 52.4 Å². The molecule has 2 nitrogen and oxygen atoms in total. The van der Waals surface area contributed by atoms with E-state index in [4.69, 9.17) is 0 Å². The number of pyridine rings is 1. The predicted octanol–water partition coefficient (Wildman–Crippen LogP) is 6.01. The first-order chi connectivity index (χ1) is 12.7. The van der Waals surface area contributed by atoms with Gasteiger partial charge in [-0.25, -0.2) is 0 Å². The van der Waals surface area contributed by atoms with E-state index in [-0.39, 0.29) is 0 Å². The van der Waals surface area contributed by atoms with Gasteiger partial charge in [0.25, 0.3) is 0 Å². The molecule has 1 fully saturated rings. The van der Waals surface area contributed by atoms with E-state index in [0.29, 0.717) is 0 Å². The van der Waals surface area contributed by atoms with Crippen LogP contribution in [-0.2, 0) is 0 Å². The van der Waals surface area contributed by atoms with Crippen LogP contribution in [0.3, 0.4) is 0 Å². The van der Waals surface area contributed by atoms with Crippen LogP contribution in [0.15, 0.2) is 48.7 Å². The molecule has 1 aliphatic rings. The fourth-order valence-electron chi connectivity index (χ4n) is 3.76. The Bertz CT molecular complexity index is 950. The lowest BCUT2D eigenvalue weighted by molar-refractivity contribution is 0.577. The zero-order chi connectivity index (χ0) is 17.9. The van der Waals surface area contributed by atoms with Crippen LogP contribution in [0, 0.1) is 13.8 Å². The Hall–Kier alpha value is -2.61. The summed E-state index contributed by atoms with van der Waals surface area (Å²) in [5.74, 6) is 0. The molecule has 0 spiro atoms. The van der Waals surface area contributed by atoms with Crippen LogP contribution >= 0.6 is 0 Å². The Morgan fingerprint density at radius 1 is 0.846 bits per heavy atom. The molecule has 3 aromatic rings. The summed E-state index contributed by atoms with van der Waals surface area (Å²) in [7, 11) is 0. The molecule has 0 N–H and O–H groups in total. The molecular weight excluding hydrogens is 316 g/mol. The van der Waals surface area contributed by atoms with E-state index < -0.39 is 0 Å². The smallest absolute Gasteiger partial charge is 0.0650 e. The van der Waals surface area contributed by atoms with E-state index in [1.807, 2.05) is 6.20 Å². The van der Waals surface area contributed by atoms with E-state index in [0.717, 1.165) is 18.8 Å². The topological polar surface area (TPSA) is 16.1 Å². The molecule has 132 valence electrons. The number of anilines is 1. The highest BCUT2D eigenvalue weighted by Crippen LogP contribution is 2.25. The fourth-order valence-corrected chi connectivity index (χ4v) is 3.76. The Morgan fingerprint density at radius 2 is 1.62 bits per heavy atom. The summed E-state index contributed by atoms with van der Waals surface area (Å²) in [4.78, 5) is 7.12. The van der Waals surface area contributed by atoms with Crippen molar-refractivity contribution in [3.05, 3.63) is 71.0 Å². The molecule has 1 aliphatic heterocycles. The fraction of sp³-hybridized carbons (Fsp3) is 0.292. The van der Waals surface area contributed by atoms with E-state index >= 15 is 0 Å². The number of nitrogens with zero attached hydrogens (tertiary/aromatic N) is 2. The first-order valence-corrected chi connectivity index (χ1v) is 9.59. The number of hydrogen-bond acceptors (Lipinski definition) is 2. The van der Waals surface area contributed by atoms with Crippen molar-refractivity contribution in [3.63, 3.8) is 0 Å². The number of aryl methyl sites for hydroxylation is 2. The third kappa shape index (κ3) is 3.65. The normalized spacial score (nSPS) is 15.1. The van der Waals surface area contributed by atoms with E-state index in [2.05, 4.69) is 78.3 Å². The number of piperidine rings is 1. The molecule has 0 atom stereocenters. The maximum Gasteiger partial charge on any atom is 0.0650 e. The minimum atomic E-state index is 1.03. The predicted molar refractivity (Wildman–Crippen MR) is 113 cm³/mol. The Kier molecular flexibility index (Phi) is 4.75. The maximum atomic E-state index is 4.61. The molecule has 0 unspecified atom stereocenters. The number of aromatic nitrogens is 1. The standard InChI is InChI=1S/C24H26N2/c1-18-6-9-22-15-20(7-10-21(22)14-18)8-11-23-16-24(19(2)17-25-23)26-12-4-3-5-13-26/h6-11,14-17H,3-5,12-13H2,1-2H3/b11-8-. The van der Waals surface area contributed by atoms with Gasteiger partial charge >= 0.3 is 0 Å². The Morgan fingerprint density at radius 3 is 2.46 bits per heavy atom. The molecule has 26 heavy (non-hydrogen) atoms. The van der Waals surface area contributed by atoms with Crippen LogP contribution in [0.1, 0.15) is 41.6 Å². The molecule has 1 saturated heterocycles. The zero-order valence-electron chi connectivity index (χ0n) is 15.7. The van der Waals surface area contributed by atoms with Crippen molar-refractivity contribution in [2.75, 3.05) is 18.0 Å². The van der Waals surface area contributed by atoms with Crippen molar-refractivity contribution in [2.45, 2.75) is 33.1 Å². The van der Waals surface area contributed by atoms with Gasteiger partial charge in [-0.2, -0.15) is 0 Å². The van der Waals surface area contributed by atoms with Gasteiger partial charge in [-0.15, -0.1) is 0 Å². The molecule has 0 radical (unpaired) electrons. The summed E-state index contributed by atoms with van der Waals surface area (Å²) >= 11 is 0. The van der Waals surface area contributed by atoms with Gasteiger partial charge in [0.2, 0.25) is 0 Å². The minimum Gasteiger partial charge on any atom is -0.371 e. The number of fused-ring (bicyclic) bond motifs is 1. The summed E-state index contributed by atoms with van der Waals surface area (Å²) in [5.41, 5.74) is 6.15. The van der Waals surface area contributed by atoms with Crippen molar-refractivity contribution in [2.24, 2.45) is 0 Å². The molecule has 1 aromatic heterocycles. The molecule has 2 aromatic carbocycles. The highest BCUT2D eigenvalue weighted by atomic mass is 15.1. The van der Waals surface area contributed by atoms with Crippen molar-refractivity contribution < 1.29 is 0 Å². The van der Waals surface area contributed by atoms with Gasteiger partial charge in [0.15, 0.2) is 0 Å². The lowest BCUT2D eigenvalue weighted by Crippen LogP contribution is -2.30. The molecule has 2 heteroatoms. The van der Waals surface area contributed by atoms with Crippen LogP contribution in [0.4, 0.5) is 5.69 Å². The summed E-state index contributed by atoms with van der Waals surface area (Å²) in [5, 5.41) is 2.58. The summed E-state index contributed by atoms with van der Waals surface area (Å²) < 4.78 is 0. The molecule has 0 amide bonds. The van der Waals surface area contributed by atoms with Gasteiger partial charge in [0.1, 0.15) is 0 Å². The van der Waals surface area contributed by atoms with Crippen molar-refractivity contribution in [3.8, 4) is 0 Å². The van der Waals surface area contributed by atoms with Gasteiger partial charge in [-0.1, -0.05) is 42.0 Å². The average Bonchev–Trinajstić information content (AvgIpc) is 2.68. The molecule has 0 bridgehead atoms. The third-order valence-corrected chi connectivity index (χ3v) is 5.26. The van der Waals surface area contributed by atoms with Crippen LogP contribution in [-0.4, -0.2) is 18.1 Å². The van der Waals surface area contributed by atoms with Gasteiger partial charge < -0.3 is 4.90 Å². The molecule has 0 saturated carbocycles. The Balaban J connectivity index is 1.59. The summed E-state index contributed by atoms with van der Waals surface area (Å²) in [6.45, 7) is 6.63. The van der Waals surface area contributed by atoms with E-state index in [1.54, 1.807) is 0 Å². The molecule has 4 rings (SSSR count). The number of hydrogen-bond donors (Lipinski definition) is 0. The van der Waals surface area contributed by atoms with Crippen LogP contribution in [0.25, 0.3) is 22.9 Å². The van der Waals surface area contributed by atoms with Crippen LogP contribution in [0.2, 0.25) is 0 Å². The van der Waals surface area contributed by atoms with Gasteiger partial charge in [0, 0.05) is 25.0 Å². The van der Waals surface area contributed by atoms with Crippen LogP contribution < -0.4 is 4.90 Å². The molecule has 0 aliphatic carbocycles.